The first-order chi connectivity index (χ1) is 12.8. The van der Waals surface area contributed by atoms with Crippen LogP contribution in [0.5, 0.6) is 0 Å². The quantitative estimate of drug-likeness (QED) is 0.335. The first kappa shape index (κ1) is 21.9. The van der Waals surface area contributed by atoms with Crippen LogP contribution in [0.15, 0.2) is 5.11 Å². The standard InChI is InChI=1S/C18H31N3O6/c1-7-12-15(10(4)13(20-21-19)11(5)25-12)26-18-9(3)8(2)14(22)16(27-18)17(23)24-6/h8-16,18,22H,7H2,1-6H3/t8-,9?,10-,11+,12?,13?,14+,15+,16?,18-/m1/s1. The summed E-state index contributed by atoms with van der Waals surface area (Å²) in [6.45, 7) is 9.63. The zero-order chi connectivity index (χ0) is 20.3. The molecule has 0 aromatic rings. The summed E-state index contributed by atoms with van der Waals surface area (Å²) in [5.41, 5.74) is 8.87. The molecule has 0 aromatic carbocycles. The Morgan fingerprint density at radius 2 is 1.85 bits per heavy atom. The van der Waals surface area contributed by atoms with Gasteiger partial charge in [0.2, 0.25) is 0 Å². The number of hydrogen-bond acceptors (Lipinski definition) is 7. The Labute approximate surface area is 159 Å². The summed E-state index contributed by atoms with van der Waals surface area (Å²) < 4.78 is 22.8. The van der Waals surface area contributed by atoms with Gasteiger partial charge in [-0.1, -0.05) is 32.8 Å². The van der Waals surface area contributed by atoms with E-state index in [1.165, 1.54) is 7.11 Å². The molecule has 27 heavy (non-hydrogen) atoms. The summed E-state index contributed by atoms with van der Waals surface area (Å²) in [4.78, 5) is 14.9. The Morgan fingerprint density at radius 3 is 2.41 bits per heavy atom. The molecule has 0 amide bonds. The number of carbonyl (C=O) groups is 1. The zero-order valence-electron chi connectivity index (χ0n) is 16.8. The molecule has 0 aliphatic carbocycles. The van der Waals surface area contributed by atoms with Crippen molar-refractivity contribution in [1.29, 1.82) is 0 Å². The molecular formula is C18H31N3O6. The van der Waals surface area contributed by atoms with Gasteiger partial charge in [-0.15, -0.1) is 0 Å². The van der Waals surface area contributed by atoms with Crippen molar-refractivity contribution in [3.8, 4) is 0 Å². The number of carbonyl (C=O) groups excluding carboxylic acids is 1. The minimum Gasteiger partial charge on any atom is -0.467 e. The van der Waals surface area contributed by atoms with Crippen molar-refractivity contribution in [3.05, 3.63) is 10.4 Å². The highest BCUT2D eigenvalue weighted by atomic mass is 16.7. The van der Waals surface area contributed by atoms with Gasteiger partial charge in [-0.05, 0) is 30.7 Å². The number of azide groups is 1. The van der Waals surface area contributed by atoms with Crippen LogP contribution >= 0.6 is 0 Å². The molecule has 2 rings (SSSR count). The fraction of sp³-hybridized carbons (Fsp3) is 0.944. The normalized spacial score (nSPS) is 45.0. The molecule has 0 bridgehead atoms. The van der Waals surface area contributed by atoms with Crippen molar-refractivity contribution in [3.63, 3.8) is 0 Å². The second kappa shape index (κ2) is 9.21. The summed E-state index contributed by atoms with van der Waals surface area (Å²) in [5, 5.41) is 14.2. The van der Waals surface area contributed by atoms with Crippen molar-refractivity contribution < 1.29 is 28.8 Å². The highest BCUT2D eigenvalue weighted by Crippen LogP contribution is 2.37. The molecule has 2 fully saturated rings. The number of aliphatic hydroxyl groups excluding tert-OH is 1. The number of rotatable bonds is 5. The minimum absolute atomic E-state index is 0.0934. The first-order valence-electron chi connectivity index (χ1n) is 9.53. The number of nitrogens with zero attached hydrogens (tertiary/aromatic N) is 3. The summed E-state index contributed by atoms with van der Waals surface area (Å²) in [6, 6.07) is -0.360. The molecule has 2 aliphatic heterocycles. The maximum absolute atomic E-state index is 12.0. The maximum Gasteiger partial charge on any atom is 0.337 e. The van der Waals surface area contributed by atoms with Crippen LogP contribution in [0.3, 0.4) is 0 Å². The van der Waals surface area contributed by atoms with Crippen molar-refractivity contribution in [2.45, 2.75) is 83.9 Å². The van der Waals surface area contributed by atoms with E-state index in [9.17, 15) is 9.90 Å². The molecule has 4 unspecified atom stereocenters. The van der Waals surface area contributed by atoms with Gasteiger partial charge in [0.25, 0.3) is 0 Å². The van der Waals surface area contributed by atoms with Gasteiger partial charge in [0, 0.05) is 10.8 Å². The molecule has 154 valence electrons. The van der Waals surface area contributed by atoms with Gasteiger partial charge in [-0.25, -0.2) is 4.79 Å². The lowest BCUT2D eigenvalue weighted by Gasteiger charge is -2.47. The molecule has 0 radical (unpaired) electrons. The zero-order valence-corrected chi connectivity index (χ0v) is 16.8. The third kappa shape index (κ3) is 4.38. The second-order valence-corrected chi connectivity index (χ2v) is 7.60. The van der Waals surface area contributed by atoms with E-state index < -0.39 is 24.5 Å². The highest BCUT2D eigenvalue weighted by molar-refractivity contribution is 5.75. The predicted octanol–water partition coefficient (Wildman–Crippen LogP) is 2.41. The van der Waals surface area contributed by atoms with E-state index in [-0.39, 0.29) is 42.1 Å². The molecule has 0 aromatic heterocycles. The molecule has 2 saturated heterocycles. The number of hydrogen-bond donors (Lipinski definition) is 1. The van der Waals surface area contributed by atoms with E-state index >= 15 is 0 Å². The molecule has 0 saturated carbocycles. The SMILES string of the molecule is CCC1O[C@@H](C)C(N=[N+]=[N-])[C@@H](C)[C@@H]1O[C@@H]1OC(C(=O)OC)[C@@H](O)[C@H](C)C1C. The van der Waals surface area contributed by atoms with Crippen LogP contribution in [0.2, 0.25) is 0 Å². The van der Waals surface area contributed by atoms with Gasteiger partial charge < -0.3 is 24.1 Å². The number of aliphatic hydroxyl groups is 1. The van der Waals surface area contributed by atoms with Crippen molar-refractivity contribution in [1.82, 2.24) is 0 Å². The highest BCUT2D eigenvalue weighted by Gasteiger charge is 2.48. The Kier molecular flexibility index (Phi) is 7.47. The molecule has 2 aliphatic rings. The molecule has 0 spiro atoms. The van der Waals surface area contributed by atoms with Crippen molar-refractivity contribution in [2.24, 2.45) is 22.9 Å². The summed E-state index contributed by atoms with van der Waals surface area (Å²) in [6.07, 6.45) is -2.82. The fourth-order valence-corrected chi connectivity index (χ4v) is 4.00. The second-order valence-electron chi connectivity index (χ2n) is 7.60. The predicted molar refractivity (Wildman–Crippen MR) is 96.6 cm³/mol. The molecule has 1 N–H and O–H groups in total. The lowest BCUT2D eigenvalue weighted by atomic mass is 9.83. The summed E-state index contributed by atoms with van der Waals surface area (Å²) >= 11 is 0. The number of methoxy groups -OCH3 is 1. The third-order valence-electron chi connectivity index (χ3n) is 5.99. The van der Waals surface area contributed by atoms with Gasteiger partial charge >= 0.3 is 5.97 Å². The first-order valence-corrected chi connectivity index (χ1v) is 9.53. The molecule has 2 heterocycles. The summed E-state index contributed by atoms with van der Waals surface area (Å²) in [5.74, 6) is -1.10. The summed E-state index contributed by atoms with van der Waals surface area (Å²) in [7, 11) is 1.26. The minimum atomic E-state index is -1.10. The average Bonchev–Trinajstić information content (AvgIpc) is 2.66. The Bertz CT molecular complexity index is 569. The molecule has 9 nitrogen and oxygen atoms in total. The van der Waals surface area contributed by atoms with Crippen LogP contribution in [-0.4, -0.2) is 61.0 Å². The van der Waals surface area contributed by atoms with Crippen LogP contribution in [0.4, 0.5) is 0 Å². The van der Waals surface area contributed by atoms with Gasteiger partial charge in [-0.3, -0.25) is 0 Å². The number of esters is 1. The van der Waals surface area contributed by atoms with E-state index in [0.717, 1.165) is 6.42 Å². The van der Waals surface area contributed by atoms with Gasteiger partial charge in [0.1, 0.15) is 0 Å². The van der Waals surface area contributed by atoms with Gasteiger partial charge in [-0.2, -0.15) is 0 Å². The molecular weight excluding hydrogens is 354 g/mol. The van der Waals surface area contributed by atoms with Gasteiger partial charge in [0.15, 0.2) is 12.4 Å². The van der Waals surface area contributed by atoms with Crippen LogP contribution in [0.25, 0.3) is 10.4 Å². The van der Waals surface area contributed by atoms with Crippen molar-refractivity contribution in [2.75, 3.05) is 7.11 Å². The van der Waals surface area contributed by atoms with E-state index in [1.54, 1.807) is 0 Å². The Morgan fingerprint density at radius 1 is 1.19 bits per heavy atom. The van der Waals surface area contributed by atoms with Crippen LogP contribution in [-0.2, 0) is 23.7 Å². The van der Waals surface area contributed by atoms with E-state index in [1.807, 2.05) is 34.6 Å². The van der Waals surface area contributed by atoms with E-state index in [0.29, 0.717) is 0 Å². The van der Waals surface area contributed by atoms with Gasteiger partial charge in [0.05, 0.1) is 37.6 Å². The van der Waals surface area contributed by atoms with Crippen LogP contribution in [0.1, 0.15) is 41.0 Å². The van der Waals surface area contributed by atoms with Crippen LogP contribution in [0, 0.1) is 17.8 Å². The lowest BCUT2D eigenvalue weighted by Crippen LogP contribution is -2.58. The monoisotopic (exact) mass is 385 g/mol. The van der Waals surface area contributed by atoms with E-state index in [4.69, 9.17) is 24.5 Å². The van der Waals surface area contributed by atoms with Crippen LogP contribution < -0.4 is 0 Å². The maximum atomic E-state index is 12.0. The third-order valence-corrected chi connectivity index (χ3v) is 5.99. The number of ether oxygens (including phenoxy) is 4. The Balaban J connectivity index is 2.22. The molecule has 10 atom stereocenters. The van der Waals surface area contributed by atoms with E-state index in [2.05, 4.69) is 10.0 Å². The smallest absolute Gasteiger partial charge is 0.337 e. The topological polar surface area (TPSA) is 123 Å². The Hall–Kier alpha value is -1.38. The largest absolute Gasteiger partial charge is 0.467 e. The lowest BCUT2D eigenvalue weighted by molar-refractivity contribution is -0.301. The average molecular weight is 385 g/mol. The fourth-order valence-electron chi connectivity index (χ4n) is 4.00. The van der Waals surface area contributed by atoms with Crippen molar-refractivity contribution >= 4 is 5.97 Å². The molecule has 9 heteroatoms.